The molecule has 1 N–H and O–H groups in total. The summed E-state index contributed by atoms with van der Waals surface area (Å²) < 4.78 is 18.5. The van der Waals surface area contributed by atoms with Crippen LogP contribution in [-0.4, -0.2) is 17.8 Å². The quantitative estimate of drug-likeness (QED) is 0.824. The predicted molar refractivity (Wildman–Crippen MR) is 55.0 cm³/mol. The van der Waals surface area contributed by atoms with Gasteiger partial charge in [0.05, 0.1) is 12.2 Å². The van der Waals surface area contributed by atoms with Crippen molar-refractivity contribution in [2.75, 3.05) is 7.11 Å². The van der Waals surface area contributed by atoms with E-state index in [0.717, 1.165) is 18.4 Å². The van der Waals surface area contributed by atoms with Crippen molar-refractivity contribution in [1.29, 1.82) is 0 Å². The summed E-state index contributed by atoms with van der Waals surface area (Å²) in [5.41, 5.74) is 0.778. The third kappa shape index (κ3) is 2.55. The Balaban J connectivity index is 2.11. The molecule has 82 valence electrons. The van der Waals surface area contributed by atoms with Gasteiger partial charge in [0.15, 0.2) is 0 Å². The van der Waals surface area contributed by atoms with Crippen LogP contribution >= 0.6 is 0 Å². The maximum absolute atomic E-state index is 13.6. The Morgan fingerprint density at radius 2 is 2.20 bits per heavy atom. The molecule has 0 radical (unpaired) electrons. The van der Waals surface area contributed by atoms with Crippen LogP contribution in [0.4, 0.5) is 4.39 Å². The number of hydrogen-bond acceptors (Lipinski definition) is 2. The van der Waals surface area contributed by atoms with Crippen LogP contribution in [0, 0.1) is 5.82 Å². The number of benzene rings is 1. The molecule has 0 aromatic heterocycles. The van der Waals surface area contributed by atoms with E-state index in [1.54, 1.807) is 13.2 Å². The minimum atomic E-state index is -0.635. The summed E-state index contributed by atoms with van der Waals surface area (Å²) in [7, 11) is 1.58. The molecule has 3 heteroatoms. The Hall–Kier alpha value is -0.930. The minimum absolute atomic E-state index is 0.245. The van der Waals surface area contributed by atoms with Gasteiger partial charge in [0.25, 0.3) is 0 Å². The largest absolute Gasteiger partial charge is 0.390 e. The van der Waals surface area contributed by atoms with Crippen LogP contribution in [0.3, 0.4) is 0 Å². The molecule has 0 heterocycles. The summed E-state index contributed by atoms with van der Waals surface area (Å²) in [5, 5.41) is 9.69. The van der Waals surface area contributed by atoms with Crippen molar-refractivity contribution in [1.82, 2.24) is 0 Å². The van der Waals surface area contributed by atoms with Crippen molar-refractivity contribution in [3.8, 4) is 0 Å². The van der Waals surface area contributed by atoms with Crippen LogP contribution < -0.4 is 0 Å². The van der Waals surface area contributed by atoms with Gasteiger partial charge in [-0.3, -0.25) is 0 Å². The van der Waals surface area contributed by atoms with Crippen molar-refractivity contribution in [2.45, 2.75) is 31.5 Å². The van der Waals surface area contributed by atoms with E-state index in [1.807, 2.05) is 6.07 Å². The van der Waals surface area contributed by atoms with E-state index in [9.17, 15) is 9.50 Å². The van der Waals surface area contributed by atoms with Crippen LogP contribution in [0.15, 0.2) is 18.2 Å². The Morgan fingerprint density at radius 3 is 2.73 bits per heavy atom. The molecule has 0 amide bonds. The Labute approximate surface area is 88.7 Å². The molecule has 1 aliphatic rings. The molecule has 0 saturated heterocycles. The summed E-state index contributed by atoms with van der Waals surface area (Å²) in [5.74, 6) is -0.245. The van der Waals surface area contributed by atoms with Gasteiger partial charge >= 0.3 is 0 Å². The van der Waals surface area contributed by atoms with Crippen LogP contribution in [0.5, 0.6) is 0 Å². The Morgan fingerprint density at radius 1 is 1.47 bits per heavy atom. The first-order chi connectivity index (χ1) is 7.13. The van der Waals surface area contributed by atoms with Crippen molar-refractivity contribution in [2.24, 2.45) is 0 Å². The molecule has 1 aromatic rings. The number of halogens is 1. The molecule has 1 saturated carbocycles. The molecule has 0 atom stereocenters. The van der Waals surface area contributed by atoms with Crippen molar-refractivity contribution >= 4 is 0 Å². The SMILES string of the molecule is COCc1ccc(CC2(O)CC2)c(F)c1. The van der Waals surface area contributed by atoms with Crippen LogP contribution in [-0.2, 0) is 17.8 Å². The fourth-order valence-corrected chi connectivity index (χ4v) is 1.67. The van der Waals surface area contributed by atoms with E-state index in [0.29, 0.717) is 18.6 Å². The molecule has 1 fully saturated rings. The van der Waals surface area contributed by atoms with Crippen molar-refractivity contribution in [3.05, 3.63) is 35.1 Å². The summed E-state index contributed by atoms with van der Waals surface area (Å²) >= 11 is 0. The number of methoxy groups -OCH3 is 1. The first kappa shape index (κ1) is 10.6. The molecule has 0 bridgehead atoms. The van der Waals surface area contributed by atoms with Gasteiger partial charge in [-0.15, -0.1) is 0 Å². The first-order valence-corrected chi connectivity index (χ1v) is 5.12. The molecular weight excluding hydrogens is 195 g/mol. The molecule has 1 aliphatic carbocycles. The van der Waals surface area contributed by atoms with Crippen molar-refractivity contribution in [3.63, 3.8) is 0 Å². The lowest BCUT2D eigenvalue weighted by atomic mass is 10.0. The molecule has 0 unspecified atom stereocenters. The highest BCUT2D eigenvalue weighted by molar-refractivity contribution is 5.26. The van der Waals surface area contributed by atoms with E-state index in [-0.39, 0.29) is 5.82 Å². The highest BCUT2D eigenvalue weighted by Gasteiger charge is 2.40. The number of ether oxygens (including phenoxy) is 1. The average molecular weight is 210 g/mol. The maximum Gasteiger partial charge on any atom is 0.126 e. The van der Waals surface area contributed by atoms with Crippen molar-refractivity contribution < 1.29 is 14.2 Å². The second-order valence-corrected chi connectivity index (χ2v) is 4.26. The van der Waals surface area contributed by atoms with E-state index < -0.39 is 5.60 Å². The van der Waals surface area contributed by atoms with Crippen LogP contribution in [0.1, 0.15) is 24.0 Å². The van der Waals surface area contributed by atoms with Gasteiger partial charge in [-0.2, -0.15) is 0 Å². The van der Waals surface area contributed by atoms with Gasteiger partial charge in [0.2, 0.25) is 0 Å². The lowest BCUT2D eigenvalue weighted by Gasteiger charge is -2.09. The van der Waals surface area contributed by atoms with Gasteiger partial charge in [-0.05, 0) is 30.0 Å². The zero-order valence-electron chi connectivity index (χ0n) is 8.79. The second-order valence-electron chi connectivity index (χ2n) is 4.26. The molecule has 2 rings (SSSR count). The smallest absolute Gasteiger partial charge is 0.126 e. The van der Waals surface area contributed by atoms with Gasteiger partial charge < -0.3 is 9.84 Å². The van der Waals surface area contributed by atoms with Gasteiger partial charge in [-0.25, -0.2) is 4.39 Å². The van der Waals surface area contributed by atoms with Crippen LogP contribution in [0.25, 0.3) is 0 Å². The summed E-state index contributed by atoms with van der Waals surface area (Å²) in [6.45, 7) is 0.418. The van der Waals surface area contributed by atoms with Gasteiger partial charge in [-0.1, -0.05) is 12.1 Å². The van der Waals surface area contributed by atoms with E-state index in [2.05, 4.69) is 0 Å². The zero-order valence-corrected chi connectivity index (χ0v) is 8.79. The fourth-order valence-electron chi connectivity index (χ4n) is 1.67. The highest BCUT2D eigenvalue weighted by Crippen LogP contribution is 2.38. The summed E-state index contributed by atoms with van der Waals surface area (Å²) in [6, 6.07) is 5.05. The molecule has 1 aromatic carbocycles. The summed E-state index contributed by atoms with van der Waals surface area (Å²) in [6.07, 6.45) is 1.99. The lowest BCUT2D eigenvalue weighted by Crippen LogP contribution is -2.12. The maximum atomic E-state index is 13.6. The normalized spacial score (nSPS) is 17.8. The molecule has 2 nitrogen and oxygen atoms in total. The fraction of sp³-hybridized carbons (Fsp3) is 0.500. The van der Waals surface area contributed by atoms with Gasteiger partial charge in [0.1, 0.15) is 5.82 Å². The first-order valence-electron chi connectivity index (χ1n) is 5.12. The molecular formula is C12H15FO2. The lowest BCUT2D eigenvalue weighted by molar-refractivity contribution is 0.149. The standard InChI is InChI=1S/C12H15FO2/c1-15-8-9-2-3-10(11(13)6-9)7-12(14)4-5-12/h2-3,6,14H,4-5,7-8H2,1H3. The average Bonchev–Trinajstić information content (AvgIpc) is 2.90. The van der Waals surface area contributed by atoms with Crippen LogP contribution in [0.2, 0.25) is 0 Å². The topological polar surface area (TPSA) is 29.5 Å². The van der Waals surface area contributed by atoms with E-state index in [4.69, 9.17) is 4.74 Å². The predicted octanol–water partition coefficient (Wildman–Crippen LogP) is 2.04. The monoisotopic (exact) mass is 210 g/mol. The van der Waals surface area contributed by atoms with E-state index in [1.165, 1.54) is 6.07 Å². The summed E-state index contributed by atoms with van der Waals surface area (Å²) in [4.78, 5) is 0. The minimum Gasteiger partial charge on any atom is -0.390 e. The van der Waals surface area contributed by atoms with Gasteiger partial charge in [0, 0.05) is 13.5 Å². The second kappa shape index (κ2) is 3.91. The Kier molecular flexibility index (Phi) is 2.76. The number of rotatable bonds is 4. The zero-order chi connectivity index (χ0) is 10.9. The Bertz CT molecular complexity index is 359. The third-order valence-corrected chi connectivity index (χ3v) is 2.78. The third-order valence-electron chi connectivity index (χ3n) is 2.78. The number of hydrogen-bond donors (Lipinski definition) is 1. The molecule has 15 heavy (non-hydrogen) atoms. The highest BCUT2D eigenvalue weighted by atomic mass is 19.1. The number of aliphatic hydroxyl groups is 1. The molecule has 0 spiro atoms. The van der Waals surface area contributed by atoms with E-state index >= 15 is 0 Å². The molecule has 0 aliphatic heterocycles.